The summed E-state index contributed by atoms with van der Waals surface area (Å²) in [4.78, 5) is 15.4. The highest BCUT2D eigenvalue weighted by molar-refractivity contribution is 7.25. The molecule has 0 fully saturated rings. The number of aromatic nitrogens is 3. The van der Waals surface area contributed by atoms with Crippen molar-refractivity contribution in [2.24, 2.45) is 11.3 Å². The van der Waals surface area contributed by atoms with Crippen molar-refractivity contribution in [2.45, 2.75) is 46.5 Å². The molecule has 5 heteroatoms. The summed E-state index contributed by atoms with van der Waals surface area (Å²) in [6, 6.07) is 2.30. The third kappa shape index (κ3) is 2.29. The Labute approximate surface area is 140 Å². The summed E-state index contributed by atoms with van der Waals surface area (Å²) in [5.41, 5.74) is 9.12. The van der Waals surface area contributed by atoms with Crippen LogP contribution in [0.5, 0.6) is 0 Å². The zero-order valence-electron chi connectivity index (χ0n) is 13.9. The Morgan fingerprint density at radius 2 is 2.13 bits per heavy atom. The molecular weight excluding hydrogens is 304 g/mol. The Hall–Kier alpha value is -1.75. The molecule has 23 heavy (non-hydrogen) atoms. The number of fused-ring (bicyclic) bond motifs is 4. The highest BCUT2D eigenvalue weighted by Gasteiger charge is 2.32. The van der Waals surface area contributed by atoms with Gasteiger partial charge >= 0.3 is 0 Å². The lowest BCUT2D eigenvalue weighted by Gasteiger charge is -2.36. The second-order valence-corrected chi connectivity index (χ2v) is 8.25. The maximum Gasteiger partial charge on any atom is 0.136 e. The fourth-order valence-electron chi connectivity index (χ4n) is 3.66. The lowest BCUT2D eigenvalue weighted by molar-refractivity contribution is 0.182. The summed E-state index contributed by atoms with van der Waals surface area (Å²) in [7, 11) is 0. The Kier molecular flexibility index (Phi) is 3.30. The molecule has 0 radical (unpaired) electrons. The summed E-state index contributed by atoms with van der Waals surface area (Å²) in [6.45, 7) is 7.07. The third-order valence-electron chi connectivity index (χ3n) is 5.67. The van der Waals surface area contributed by atoms with Gasteiger partial charge in [-0.1, -0.05) is 38.5 Å². The molecule has 120 valence electrons. The molecule has 1 aliphatic carbocycles. The van der Waals surface area contributed by atoms with Gasteiger partial charge in [0.2, 0.25) is 0 Å². The minimum atomic E-state index is 0.380. The van der Waals surface area contributed by atoms with E-state index in [9.17, 15) is 0 Å². The van der Waals surface area contributed by atoms with Crippen molar-refractivity contribution in [1.82, 2.24) is 15.0 Å². The maximum atomic E-state index is 6.09. The van der Waals surface area contributed by atoms with Crippen molar-refractivity contribution in [3.8, 4) is 0 Å². The van der Waals surface area contributed by atoms with Gasteiger partial charge in [-0.25, -0.2) is 15.0 Å². The van der Waals surface area contributed by atoms with Crippen molar-refractivity contribution in [3.05, 3.63) is 23.7 Å². The summed E-state index contributed by atoms with van der Waals surface area (Å²) < 4.78 is 0. The van der Waals surface area contributed by atoms with Crippen LogP contribution in [-0.4, -0.2) is 15.0 Å². The number of pyridine rings is 1. The van der Waals surface area contributed by atoms with E-state index in [0.717, 1.165) is 39.2 Å². The second kappa shape index (κ2) is 5.13. The fourth-order valence-corrected chi connectivity index (χ4v) is 4.69. The predicted octanol–water partition coefficient (Wildman–Crippen LogP) is 4.36. The molecule has 2 N–H and O–H groups in total. The smallest absolute Gasteiger partial charge is 0.136 e. The number of nitrogen functional groups attached to an aromatic ring is 1. The van der Waals surface area contributed by atoms with Gasteiger partial charge in [-0.15, -0.1) is 0 Å². The van der Waals surface area contributed by atoms with Crippen LogP contribution in [0.4, 0.5) is 5.82 Å². The van der Waals surface area contributed by atoms with E-state index in [-0.39, 0.29) is 0 Å². The van der Waals surface area contributed by atoms with Gasteiger partial charge in [-0.2, -0.15) is 0 Å². The van der Waals surface area contributed by atoms with E-state index in [1.54, 1.807) is 11.3 Å². The summed E-state index contributed by atoms with van der Waals surface area (Å²) in [5, 5.41) is 2.09. The van der Waals surface area contributed by atoms with E-state index >= 15 is 0 Å². The van der Waals surface area contributed by atoms with Gasteiger partial charge in [0.25, 0.3) is 0 Å². The molecule has 0 saturated heterocycles. The highest BCUT2D eigenvalue weighted by Crippen LogP contribution is 2.42. The summed E-state index contributed by atoms with van der Waals surface area (Å²) in [6.07, 6.45) is 6.18. The van der Waals surface area contributed by atoms with Gasteiger partial charge in [-0.3, -0.25) is 0 Å². The first kappa shape index (κ1) is 14.8. The van der Waals surface area contributed by atoms with Crippen LogP contribution in [0.25, 0.3) is 20.4 Å². The first-order chi connectivity index (χ1) is 11.0. The number of rotatable bonds is 2. The molecule has 0 unspecified atom stereocenters. The average molecular weight is 326 g/mol. The zero-order chi connectivity index (χ0) is 16.2. The lowest BCUT2D eigenvalue weighted by atomic mass is 9.69. The van der Waals surface area contributed by atoms with Gasteiger partial charge in [0.05, 0.1) is 5.39 Å². The topological polar surface area (TPSA) is 64.7 Å². The largest absolute Gasteiger partial charge is 0.383 e. The number of nitrogens with two attached hydrogens (primary N) is 1. The average Bonchev–Trinajstić information content (AvgIpc) is 2.90. The molecule has 3 aromatic rings. The summed E-state index contributed by atoms with van der Waals surface area (Å²) in [5.74, 6) is 1.28. The Bertz CT molecular complexity index is 897. The van der Waals surface area contributed by atoms with Crippen LogP contribution < -0.4 is 5.73 Å². The molecule has 3 heterocycles. The Balaban J connectivity index is 1.86. The number of thiophene rings is 1. The zero-order valence-corrected chi connectivity index (χ0v) is 14.7. The SMILES string of the molecule is CCC(C)(C)[C@H]1CCc2nc3sc4ncnc(N)c4c3cc2C1. The molecule has 0 bridgehead atoms. The molecular formula is C18H22N4S. The quantitative estimate of drug-likeness (QED) is 0.760. The van der Waals surface area contributed by atoms with Crippen LogP contribution in [0.1, 0.15) is 44.9 Å². The normalized spacial score (nSPS) is 18.5. The molecule has 0 saturated carbocycles. The van der Waals surface area contributed by atoms with Crippen LogP contribution in [0.2, 0.25) is 0 Å². The van der Waals surface area contributed by atoms with Crippen LogP contribution in [0.15, 0.2) is 12.4 Å². The monoisotopic (exact) mass is 326 g/mol. The first-order valence-corrected chi connectivity index (χ1v) is 9.12. The van der Waals surface area contributed by atoms with E-state index in [0.29, 0.717) is 11.2 Å². The van der Waals surface area contributed by atoms with E-state index < -0.39 is 0 Å². The van der Waals surface area contributed by atoms with Gasteiger partial charge < -0.3 is 5.73 Å². The number of nitrogens with zero attached hydrogens (tertiary/aromatic N) is 3. The van der Waals surface area contributed by atoms with Crippen LogP contribution >= 0.6 is 11.3 Å². The van der Waals surface area contributed by atoms with Crippen LogP contribution in [0, 0.1) is 11.3 Å². The third-order valence-corrected chi connectivity index (χ3v) is 6.68. The minimum absolute atomic E-state index is 0.380. The van der Waals surface area contributed by atoms with E-state index in [1.807, 2.05) is 0 Å². The molecule has 0 aromatic carbocycles. The molecule has 0 aliphatic heterocycles. The van der Waals surface area contributed by atoms with Crippen molar-refractivity contribution < 1.29 is 0 Å². The maximum absolute atomic E-state index is 6.09. The molecule has 1 aliphatic rings. The number of anilines is 1. The molecule has 0 spiro atoms. The van der Waals surface area contributed by atoms with Gasteiger partial charge in [0.15, 0.2) is 0 Å². The summed E-state index contributed by atoms with van der Waals surface area (Å²) >= 11 is 1.62. The number of hydrogen-bond donors (Lipinski definition) is 1. The first-order valence-electron chi connectivity index (χ1n) is 8.31. The molecule has 1 atom stereocenters. The lowest BCUT2D eigenvalue weighted by Crippen LogP contribution is -2.29. The van der Waals surface area contributed by atoms with Gasteiger partial charge in [0, 0.05) is 11.1 Å². The standard InChI is InChI=1S/C18H22N4S/c1-4-18(2,3)11-5-6-13-10(7-11)8-12-14-15(19)20-9-21-17(14)23-16(12)22-13/h8-9,11H,4-7H2,1-3H3,(H2,19,20,21)/t11-/m0/s1. The number of hydrogen-bond acceptors (Lipinski definition) is 5. The Morgan fingerprint density at radius 3 is 2.91 bits per heavy atom. The second-order valence-electron chi connectivity index (χ2n) is 7.27. The molecule has 0 amide bonds. The van der Waals surface area contributed by atoms with E-state index in [1.165, 1.54) is 30.4 Å². The predicted molar refractivity (Wildman–Crippen MR) is 96.7 cm³/mol. The van der Waals surface area contributed by atoms with Crippen molar-refractivity contribution in [2.75, 3.05) is 5.73 Å². The van der Waals surface area contributed by atoms with E-state index in [4.69, 9.17) is 10.7 Å². The van der Waals surface area contributed by atoms with Crippen molar-refractivity contribution >= 4 is 37.6 Å². The van der Waals surface area contributed by atoms with Gasteiger partial charge in [-0.05, 0) is 42.2 Å². The van der Waals surface area contributed by atoms with Crippen LogP contribution in [-0.2, 0) is 12.8 Å². The van der Waals surface area contributed by atoms with Crippen molar-refractivity contribution in [1.29, 1.82) is 0 Å². The fraction of sp³-hybridized carbons (Fsp3) is 0.500. The van der Waals surface area contributed by atoms with Crippen molar-refractivity contribution in [3.63, 3.8) is 0 Å². The number of aryl methyl sites for hydroxylation is 1. The van der Waals surface area contributed by atoms with Gasteiger partial charge in [0.1, 0.15) is 21.8 Å². The van der Waals surface area contributed by atoms with E-state index in [2.05, 4.69) is 36.8 Å². The highest BCUT2D eigenvalue weighted by atomic mass is 32.1. The molecule has 4 nitrogen and oxygen atoms in total. The minimum Gasteiger partial charge on any atom is -0.383 e. The molecule has 3 aromatic heterocycles. The van der Waals surface area contributed by atoms with Crippen LogP contribution in [0.3, 0.4) is 0 Å². The Morgan fingerprint density at radius 1 is 1.30 bits per heavy atom. The molecule has 4 rings (SSSR count).